The lowest BCUT2D eigenvalue weighted by Gasteiger charge is -2.36. The molecule has 3 saturated heterocycles. The largest absolute Gasteiger partial charge is 0.378 e. The minimum Gasteiger partial charge on any atom is -0.378 e. The molecule has 3 aliphatic heterocycles. The molecule has 0 aromatic carbocycles. The monoisotopic (exact) mass is 337 g/mol. The molecular formula is C18H31N3O3. The van der Waals surface area contributed by atoms with Crippen LogP contribution in [-0.2, 0) is 14.3 Å². The first-order chi connectivity index (χ1) is 11.7. The van der Waals surface area contributed by atoms with Crippen LogP contribution >= 0.6 is 0 Å². The Kier molecular flexibility index (Phi) is 6.49. The Morgan fingerprint density at radius 3 is 2.12 bits per heavy atom. The lowest BCUT2D eigenvalue weighted by molar-refractivity contribution is -0.142. The summed E-state index contributed by atoms with van der Waals surface area (Å²) in [7, 11) is 0. The summed E-state index contributed by atoms with van der Waals surface area (Å²) in [4.78, 5) is 30.9. The maximum atomic E-state index is 12.4. The van der Waals surface area contributed by atoms with Gasteiger partial charge in [-0.25, -0.2) is 0 Å². The second-order valence-electron chi connectivity index (χ2n) is 7.25. The zero-order valence-corrected chi connectivity index (χ0v) is 14.8. The molecule has 24 heavy (non-hydrogen) atoms. The summed E-state index contributed by atoms with van der Waals surface area (Å²) < 4.78 is 5.66. The summed E-state index contributed by atoms with van der Waals surface area (Å²) in [6, 6.07) is 0. The number of carbonyl (C=O) groups is 2. The van der Waals surface area contributed by atoms with Crippen molar-refractivity contribution < 1.29 is 14.3 Å². The van der Waals surface area contributed by atoms with Gasteiger partial charge in [0.05, 0.1) is 12.5 Å². The molecule has 0 aromatic rings. The van der Waals surface area contributed by atoms with Crippen molar-refractivity contribution in [1.29, 1.82) is 0 Å². The molecule has 0 N–H and O–H groups in total. The zero-order valence-electron chi connectivity index (χ0n) is 14.8. The van der Waals surface area contributed by atoms with Gasteiger partial charge in [-0.3, -0.25) is 9.59 Å². The summed E-state index contributed by atoms with van der Waals surface area (Å²) in [5.41, 5.74) is 0. The third-order valence-corrected chi connectivity index (χ3v) is 5.50. The molecule has 0 radical (unpaired) electrons. The van der Waals surface area contributed by atoms with Gasteiger partial charge in [-0.1, -0.05) is 0 Å². The highest BCUT2D eigenvalue weighted by molar-refractivity contribution is 5.78. The predicted octanol–water partition coefficient (Wildman–Crippen LogP) is 1.10. The van der Waals surface area contributed by atoms with Crippen molar-refractivity contribution in [3.63, 3.8) is 0 Å². The summed E-state index contributed by atoms with van der Waals surface area (Å²) in [5, 5.41) is 0. The minimum atomic E-state index is 0.103. The molecule has 3 fully saturated rings. The molecule has 0 spiro atoms. The molecular weight excluding hydrogens is 306 g/mol. The van der Waals surface area contributed by atoms with Crippen molar-refractivity contribution in [2.45, 2.75) is 51.0 Å². The number of piperazine rings is 1. The fourth-order valence-electron chi connectivity index (χ4n) is 3.92. The molecule has 6 heteroatoms. The van der Waals surface area contributed by atoms with Crippen molar-refractivity contribution in [1.82, 2.24) is 14.7 Å². The van der Waals surface area contributed by atoms with Crippen molar-refractivity contribution in [2.75, 3.05) is 52.4 Å². The Labute approximate surface area is 145 Å². The fourth-order valence-corrected chi connectivity index (χ4v) is 3.92. The van der Waals surface area contributed by atoms with E-state index in [-0.39, 0.29) is 17.9 Å². The van der Waals surface area contributed by atoms with Gasteiger partial charge in [-0.2, -0.15) is 0 Å². The molecule has 6 nitrogen and oxygen atoms in total. The van der Waals surface area contributed by atoms with Gasteiger partial charge in [0, 0.05) is 45.8 Å². The minimum absolute atomic E-state index is 0.103. The standard InChI is InChI=1S/C18H31N3O3/c22-17(6-9-19-7-2-3-8-19)20-10-12-21(13-11-20)18(23)15-16-5-1-4-14-24-16/h16H,1-15H2. The normalized spacial score (nSPS) is 25.9. The van der Waals surface area contributed by atoms with Crippen molar-refractivity contribution >= 4 is 11.8 Å². The molecule has 3 aliphatic rings. The van der Waals surface area contributed by atoms with E-state index in [0.29, 0.717) is 39.0 Å². The lowest BCUT2D eigenvalue weighted by atomic mass is 10.1. The quantitative estimate of drug-likeness (QED) is 0.754. The van der Waals surface area contributed by atoms with E-state index in [9.17, 15) is 9.59 Å². The van der Waals surface area contributed by atoms with Crippen molar-refractivity contribution in [2.24, 2.45) is 0 Å². The topological polar surface area (TPSA) is 53.1 Å². The highest BCUT2D eigenvalue weighted by Gasteiger charge is 2.26. The van der Waals surface area contributed by atoms with E-state index < -0.39 is 0 Å². The van der Waals surface area contributed by atoms with Gasteiger partial charge in [0.15, 0.2) is 0 Å². The highest BCUT2D eigenvalue weighted by atomic mass is 16.5. The molecule has 1 atom stereocenters. The summed E-state index contributed by atoms with van der Waals surface area (Å²) in [6.45, 7) is 6.64. The fraction of sp³-hybridized carbons (Fsp3) is 0.889. The van der Waals surface area contributed by atoms with Crippen molar-refractivity contribution in [3.8, 4) is 0 Å². The SMILES string of the molecule is O=C(CCN1CCCC1)N1CCN(C(=O)CC2CCCCO2)CC1. The molecule has 0 saturated carbocycles. The average molecular weight is 337 g/mol. The van der Waals surface area contributed by atoms with Gasteiger partial charge < -0.3 is 19.4 Å². The number of nitrogens with zero attached hydrogens (tertiary/aromatic N) is 3. The lowest BCUT2D eigenvalue weighted by Crippen LogP contribution is -2.51. The van der Waals surface area contributed by atoms with E-state index in [4.69, 9.17) is 4.74 Å². The Bertz CT molecular complexity index is 423. The average Bonchev–Trinajstić information content (AvgIpc) is 3.14. The van der Waals surface area contributed by atoms with E-state index >= 15 is 0 Å². The maximum absolute atomic E-state index is 12.4. The summed E-state index contributed by atoms with van der Waals surface area (Å²) in [5.74, 6) is 0.427. The highest BCUT2D eigenvalue weighted by Crippen LogP contribution is 2.17. The van der Waals surface area contributed by atoms with Crippen LogP contribution in [-0.4, -0.2) is 85.0 Å². The van der Waals surface area contributed by atoms with E-state index in [1.165, 1.54) is 12.8 Å². The first-order valence-corrected chi connectivity index (χ1v) is 9.62. The Hall–Kier alpha value is -1.14. The molecule has 0 aliphatic carbocycles. The van der Waals surface area contributed by atoms with Crippen LogP contribution in [0.4, 0.5) is 0 Å². The van der Waals surface area contributed by atoms with Gasteiger partial charge in [0.2, 0.25) is 11.8 Å². The molecule has 136 valence electrons. The number of carbonyl (C=O) groups excluding carboxylic acids is 2. The van der Waals surface area contributed by atoms with Crippen LogP contribution < -0.4 is 0 Å². The van der Waals surface area contributed by atoms with E-state index in [0.717, 1.165) is 45.5 Å². The number of ether oxygens (including phenoxy) is 1. The summed E-state index contributed by atoms with van der Waals surface area (Å²) in [6.07, 6.45) is 7.03. The maximum Gasteiger partial charge on any atom is 0.225 e. The van der Waals surface area contributed by atoms with Crippen molar-refractivity contribution in [3.05, 3.63) is 0 Å². The Balaban J connectivity index is 1.35. The molecule has 1 unspecified atom stereocenters. The number of rotatable bonds is 5. The van der Waals surface area contributed by atoms with Gasteiger partial charge >= 0.3 is 0 Å². The van der Waals surface area contributed by atoms with Crippen LogP contribution in [0.2, 0.25) is 0 Å². The van der Waals surface area contributed by atoms with Crippen LogP contribution in [0, 0.1) is 0 Å². The number of amides is 2. The van der Waals surface area contributed by atoms with Gasteiger partial charge in [0.1, 0.15) is 0 Å². The predicted molar refractivity (Wildman–Crippen MR) is 91.7 cm³/mol. The molecule has 3 heterocycles. The summed E-state index contributed by atoms with van der Waals surface area (Å²) >= 11 is 0. The number of hydrogen-bond donors (Lipinski definition) is 0. The van der Waals surface area contributed by atoms with Gasteiger partial charge in [0.25, 0.3) is 0 Å². The van der Waals surface area contributed by atoms with Gasteiger partial charge in [-0.05, 0) is 45.2 Å². The first-order valence-electron chi connectivity index (χ1n) is 9.62. The van der Waals surface area contributed by atoms with Gasteiger partial charge in [-0.15, -0.1) is 0 Å². The van der Waals surface area contributed by atoms with Crippen LogP contribution in [0.5, 0.6) is 0 Å². The van der Waals surface area contributed by atoms with E-state index in [1.807, 2.05) is 9.80 Å². The van der Waals surface area contributed by atoms with Crippen LogP contribution in [0.25, 0.3) is 0 Å². The molecule has 3 rings (SSSR count). The third-order valence-electron chi connectivity index (χ3n) is 5.50. The van der Waals surface area contributed by atoms with Crippen LogP contribution in [0.15, 0.2) is 0 Å². The first kappa shape index (κ1) is 17.7. The van der Waals surface area contributed by atoms with E-state index in [1.54, 1.807) is 0 Å². The van der Waals surface area contributed by atoms with E-state index in [2.05, 4.69) is 4.90 Å². The second kappa shape index (κ2) is 8.81. The Morgan fingerprint density at radius 1 is 0.833 bits per heavy atom. The van der Waals surface area contributed by atoms with Crippen LogP contribution in [0.3, 0.4) is 0 Å². The molecule has 0 aromatic heterocycles. The zero-order chi connectivity index (χ0) is 16.8. The third kappa shape index (κ3) is 4.93. The molecule has 2 amide bonds. The smallest absolute Gasteiger partial charge is 0.225 e. The Morgan fingerprint density at radius 2 is 1.50 bits per heavy atom. The molecule has 0 bridgehead atoms. The number of hydrogen-bond acceptors (Lipinski definition) is 4. The van der Waals surface area contributed by atoms with Crippen LogP contribution in [0.1, 0.15) is 44.9 Å². The second-order valence-corrected chi connectivity index (χ2v) is 7.25. The number of likely N-dealkylation sites (tertiary alicyclic amines) is 1.